The first-order valence-corrected chi connectivity index (χ1v) is 3.27. The van der Waals surface area contributed by atoms with E-state index in [0.29, 0.717) is 0 Å². The largest absolute Gasteiger partial charge is 0.326 e. The SMILES string of the molecule is NCc1cc(F)ncc1C(F)F. The van der Waals surface area contributed by atoms with Crippen molar-refractivity contribution in [1.82, 2.24) is 4.98 Å². The van der Waals surface area contributed by atoms with Crippen molar-refractivity contribution in [2.45, 2.75) is 13.0 Å². The molecular weight excluding hydrogens is 169 g/mol. The molecule has 0 aromatic carbocycles. The topological polar surface area (TPSA) is 38.9 Å². The molecule has 2 N–H and O–H groups in total. The van der Waals surface area contributed by atoms with Crippen LogP contribution in [0.5, 0.6) is 0 Å². The zero-order valence-electron chi connectivity index (χ0n) is 6.10. The Morgan fingerprint density at radius 3 is 2.67 bits per heavy atom. The smallest absolute Gasteiger partial charge is 0.265 e. The molecule has 1 aromatic rings. The van der Waals surface area contributed by atoms with Crippen molar-refractivity contribution in [1.29, 1.82) is 0 Å². The number of hydrogen-bond donors (Lipinski definition) is 1. The molecule has 66 valence electrons. The van der Waals surface area contributed by atoms with E-state index < -0.39 is 12.4 Å². The molecule has 0 unspecified atom stereocenters. The van der Waals surface area contributed by atoms with E-state index in [0.717, 1.165) is 12.3 Å². The van der Waals surface area contributed by atoms with Crippen LogP contribution in [-0.4, -0.2) is 4.98 Å². The fourth-order valence-electron chi connectivity index (χ4n) is 0.852. The van der Waals surface area contributed by atoms with Crippen LogP contribution in [0.4, 0.5) is 13.2 Å². The third-order valence-corrected chi connectivity index (χ3v) is 1.45. The Morgan fingerprint density at radius 1 is 1.50 bits per heavy atom. The van der Waals surface area contributed by atoms with Gasteiger partial charge in [0, 0.05) is 18.3 Å². The lowest BCUT2D eigenvalue weighted by Gasteiger charge is -2.04. The first kappa shape index (κ1) is 8.99. The van der Waals surface area contributed by atoms with Gasteiger partial charge in [-0.25, -0.2) is 13.8 Å². The summed E-state index contributed by atoms with van der Waals surface area (Å²) in [5.41, 5.74) is 4.92. The Labute approximate surface area is 67.2 Å². The molecular formula is C7H7F3N2. The van der Waals surface area contributed by atoms with Crippen molar-refractivity contribution in [3.63, 3.8) is 0 Å². The van der Waals surface area contributed by atoms with Gasteiger partial charge in [0.2, 0.25) is 5.95 Å². The summed E-state index contributed by atoms with van der Waals surface area (Å²) >= 11 is 0. The van der Waals surface area contributed by atoms with Crippen molar-refractivity contribution >= 4 is 0 Å². The maximum absolute atomic E-state index is 12.4. The average Bonchev–Trinajstić information content (AvgIpc) is 2.03. The number of nitrogens with zero attached hydrogens (tertiary/aromatic N) is 1. The van der Waals surface area contributed by atoms with E-state index in [-0.39, 0.29) is 17.7 Å². The summed E-state index contributed by atoms with van der Waals surface area (Å²) in [5.74, 6) is -0.792. The van der Waals surface area contributed by atoms with Gasteiger partial charge in [0.1, 0.15) is 0 Å². The van der Waals surface area contributed by atoms with E-state index in [1.807, 2.05) is 0 Å². The normalized spacial score (nSPS) is 10.8. The molecule has 12 heavy (non-hydrogen) atoms. The summed E-state index contributed by atoms with van der Waals surface area (Å²) in [4.78, 5) is 3.11. The molecule has 0 saturated heterocycles. The van der Waals surface area contributed by atoms with Crippen LogP contribution in [0.3, 0.4) is 0 Å². The van der Waals surface area contributed by atoms with Crippen LogP contribution in [0.1, 0.15) is 17.6 Å². The molecule has 1 aromatic heterocycles. The van der Waals surface area contributed by atoms with Crippen molar-refractivity contribution in [3.05, 3.63) is 29.3 Å². The zero-order chi connectivity index (χ0) is 9.14. The maximum Gasteiger partial charge on any atom is 0.265 e. The number of pyridine rings is 1. The minimum Gasteiger partial charge on any atom is -0.326 e. The Bertz CT molecular complexity index is 275. The van der Waals surface area contributed by atoms with Crippen LogP contribution in [0, 0.1) is 5.95 Å². The van der Waals surface area contributed by atoms with Crippen molar-refractivity contribution in [2.75, 3.05) is 0 Å². The van der Waals surface area contributed by atoms with E-state index in [1.165, 1.54) is 0 Å². The third-order valence-electron chi connectivity index (χ3n) is 1.45. The van der Waals surface area contributed by atoms with E-state index in [4.69, 9.17) is 5.73 Å². The van der Waals surface area contributed by atoms with Gasteiger partial charge in [-0.15, -0.1) is 0 Å². The minimum absolute atomic E-state index is 0.0949. The quantitative estimate of drug-likeness (QED) is 0.695. The van der Waals surface area contributed by atoms with Crippen molar-refractivity contribution in [2.24, 2.45) is 5.73 Å². The number of aromatic nitrogens is 1. The van der Waals surface area contributed by atoms with E-state index in [2.05, 4.69) is 4.98 Å². The van der Waals surface area contributed by atoms with Gasteiger partial charge < -0.3 is 5.73 Å². The number of rotatable bonds is 2. The second-order valence-corrected chi connectivity index (χ2v) is 2.21. The van der Waals surface area contributed by atoms with Crippen LogP contribution in [-0.2, 0) is 6.54 Å². The minimum atomic E-state index is -2.66. The molecule has 0 amide bonds. The first-order chi connectivity index (χ1) is 5.65. The highest BCUT2D eigenvalue weighted by Gasteiger charge is 2.12. The first-order valence-electron chi connectivity index (χ1n) is 3.27. The van der Waals surface area contributed by atoms with Gasteiger partial charge in [0.15, 0.2) is 0 Å². The van der Waals surface area contributed by atoms with E-state index in [1.54, 1.807) is 0 Å². The van der Waals surface area contributed by atoms with Gasteiger partial charge in [0.05, 0.1) is 0 Å². The molecule has 2 nitrogen and oxygen atoms in total. The molecule has 5 heteroatoms. The second kappa shape index (κ2) is 3.53. The van der Waals surface area contributed by atoms with E-state index >= 15 is 0 Å². The molecule has 1 heterocycles. The molecule has 0 radical (unpaired) electrons. The monoisotopic (exact) mass is 176 g/mol. The summed E-state index contributed by atoms with van der Waals surface area (Å²) in [7, 11) is 0. The molecule has 0 bridgehead atoms. The van der Waals surface area contributed by atoms with Crippen LogP contribution in [0.25, 0.3) is 0 Å². The lowest BCUT2D eigenvalue weighted by atomic mass is 10.1. The number of nitrogens with two attached hydrogens (primary N) is 1. The molecule has 0 spiro atoms. The zero-order valence-corrected chi connectivity index (χ0v) is 6.10. The predicted molar refractivity (Wildman–Crippen MR) is 37.0 cm³/mol. The highest BCUT2D eigenvalue weighted by molar-refractivity contribution is 5.24. The standard InChI is InChI=1S/C7H7F3N2/c8-6-1-4(2-11)5(3-12-6)7(9)10/h1,3,7H,2,11H2. The molecule has 0 aliphatic carbocycles. The lowest BCUT2D eigenvalue weighted by Crippen LogP contribution is -2.03. The lowest BCUT2D eigenvalue weighted by molar-refractivity contribution is 0.149. The second-order valence-electron chi connectivity index (χ2n) is 2.21. The Kier molecular flexibility index (Phi) is 2.65. The van der Waals surface area contributed by atoms with Crippen molar-refractivity contribution in [3.8, 4) is 0 Å². The van der Waals surface area contributed by atoms with Gasteiger partial charge in [-0.2, -0.15) is 4.39 Å². The number of hydrogen-bond acceptors (Lipinski definition) is 2. The third kappa shape index (κ3) is 1.73. The Hall–Kier alpha value is -1.10. The fourth-order valence-corrected chi connectivity index (χ4v) is 0.852. The van der Waals surface area contributed by atoms with Gasteiger partial charge in [-0.3, -0.25) is 0 Å². The maximum atomic E-state index is 12.4. The highest BCUT2D eigenvalue weighted by atomic mass is 19.3. The van der Waals surface area contributed by atoms with Gasteiger partial charge in [-0.05, 0) is 11.6 Å². The Balaban J connectivity index is 3.11. The molecule has 0 fully saturated rings. The fraction of sp³-hybridized carbons (Fsp3) is 0.286. The van der Waals surface area contributed by atoms with Crippen LogP contribution in [0.2, 0.25) is 0 Å². The van der Waals surface area contributed by atoms with Crippen LogP contribution < -0.4 is 5.73 Å². The van der Waals surface area contributed by atoms with E-state index in [9.17, 15) is 13.2 Å². The summed E-state index contributed by atoms with van der Waals surface area (Å²) in [6.45, 7) is -0.112. The molecule has 0 atom stereocenters. The Morgan fingerprint density at radius 2 is 2.17 bits per heavy atom. The molecule has 0 saturated carbocycles. The summed E-state index contributed by atoms with van der Waals surface area (Å²) < 4.78 is 36.6. The summed E-state index contributed by atoms with van der Waals surface area (Å²) in [5, 5.41) is 0. The van der Waals surface area contributed by atoms with Crippen molar-refractivity contribution < 1.29 is 13.2 Å². The summed E-state index contributed by atoms with van der Waals surface area (Å²) in [6, 6.07) is 0.918. The van der Waals surface area contributed by atoms with Gasteiger partial charge in [-0.1, -0.05) is 0 Å². The molecule has 1 rings (SSSR count). The van der Waals surface area contributed by atoms with Crippen LogP contribution in [0.15, 0.2) is 12.3 Å². The predicted octanol–water partition coefficient (Wildman–Crippen LogP) is 1.62. The molecule has 0 aliphatic heterocycles. The average molecular weight is 176 g/mol. The highest BCUT2D eigenvalue weighted by Crippen LogP contribution is 2.21. The number of alkyl halides is 2. The summed E-state index contributed by atoms with van der Waals surface area (Å²) in [6.07, 6.45) is -1.85. The van der Waals surface area contributed by atoms with Gasteiger partial charge in [0.25, 0.3) is 6.43 Å². The number of halogens is 3. The molecule has 0 aliphatic rings. The van der Waals surface area contributed by atoms with Crippen LogP contribution >= 0.6 is 0 Å². The van der Waals surface area contributed by atoms with Gasteiger partial charge >= 0.3 is 0 Å².